The van der Waals surface area contributed by atoms with E-state index in [2.05, 4.69) is 31.8 Å². The van der Waals surface area contributed by atoms with Crippen molar-refractivity contribution in [3.05, 3.63) is 86.8 Å². The molecule has 8 heteroatoms. The molecule has 0 spiro atoms. The van der Waals surface area contributed by atoms with Crippen LogP contribution in [0, 0.1) is 18.3 Å². The molecule has 0 saturated heterocycles. The number of pyridine rings is 2. The third kappa shape index (κ3) is 5.23. The number of aryl methyl sites for hydroxylation is 2. The molecule has 4 rings (SSSR count). The van der Waals surface area contributed by atoms with E-state index < -0.39 is 5.91 Å². The standard InChI is InChI=1S/C29H31N5O3/c1-6-37-16-8-15-33-25(32-27(35)20-10-12-22(13-11-20)29(3,4)5)21(18-30)17-23-26(33)31-24-19(2)9-7-14-34(24)28(23)36/h7,9-14,17H,6,8,15-16H2,1-5H3. The predicted molar refractivity (Wildman–Crippen MR) is 143 cm³/mol. The van der Waals surface area contributed by atoms with Crippen LogP contribution in [0.3, 0.4) is 0 Å². The van der Waals surface area contributed by atoms with Gasteiger partial charge in [-0.15, -0.1) is 0 Å². The Morgan fingerprint density at radius 1 is 1.16 bits per heavy atom. The molecule has 4 aromatic rings. The molecule has 1 amide bonds. The lowest BCUT2D eigenvalue weighted by Gasteiger charge is -2.18. The molecular weight excluding hydrogens is 466 g/mol. The molecule has 0 aliphatic rings. The molecule has 0 N–H and O–H groups in total. The lowest BCUT2D eigenvalue weighted by atomic mass is 9.87. The quantitative estimate of drug-likeness (QED) is 0.292. The van der Waals surface area contributed by atoms with Crippen LogP contribution in [0.4, 0.5) is 0 Å². The van der Waals surface area contributed by atoms with Gasteiger partial charge in [0.15, 0.2) is 5.49 Å². The molecule has 8 nitrogen and oxygen atoms in total. The summed E-state index contributed by atoms with van der Waals surface area (Å²) in [5.74, 6) is -0.469. The van der Waals surface area contributed by atoms with E-state index in [1.54, 1.807) is 29.0 Å². The van der Waals surface area contributed by atoms with Crippen molar-refractivity contribution >= 4 is 22.6 Å². The Bertz CT molecular complexity index is 1650. The molecule has 0 bridgehead atoms. The van der Waals surface area contributed by atoms with Gasteiger partial charge in [0.25, 0.3) is 11.5 Å². The van der Waals surface area contributed by atoms with Gasteiger partial charge in [-0.3, -0.25) is 14.0 Å². The van der Waals surface area contributed by atoms with Crippen molar-refractivity contribution in [1.82, 2.24) is 14.0 Å². The SMILES string of the molecule is CCOCCCn1c(=NC(=O)c2ccc(C(C)(C)C)cc2)c(C#N)cc2c(=O)n3cccc(C)c3nc21. The molecule has 0 aliphatic carbocycles. The number of carbonyl (C=O) groups is 1. The van der Waals surface area contributed by atoms with E-state index in [4.69, 9.17) is 9.72 Å². The maximum absolute atomic E-state index is 13.4. The number of benzene rings is 1. The zero-order chi connectivity index (χ0) is 26.7. The fourth-order valence-corrected chi connectivity index (χ4v) is 4.24. The van der Waals surface area contributed by atoms with Crippen molar-refractivity contribution < 1.29 is 9.53 Å². The van der Waals surface area contributed by atoms with E-state index >= 15 is 0 Å². The van der Waals surface area contributed by atoms with Gasteiger partial charge in [0.2, 0.25) is 0 Å². The van der Waals surface area contributed by atoms with Crippen molar-refractivity contribution in [3.63, 3.8) is 0 Å². The van der Waals surface area contributed by atoms with Crippen molar-refractivity contribution in [2.75, 3.05) is 13.2 Å². The van der Waals surface area contributed by atoms with E-state index in [-0.39, 0.29) is 27.4 Å². The molecule has 0 radical (unpaired) electrons. The van der Waals surface area contributed by atoms with Gasteiger partial charge < -0.3 is 9.30 Å². The fourth-order valence-electron chi connectivity index (χ4n) is 4.24. The highest BCUT2D eigenvalue weighted by molar-refractivity contribution is 5.95. The second-order valence-corrected chi connectivity index (χ2v) is 9.98. The summed E-state index contributed by atoms with van der Waals surface area (Å²) in [5, 5.41) is 10.3. The van der Waals surface area contributed by atoms with Crippen LogP contribution in [-0.2, 0) is 16.7 Å². The first-order chi connectivity index (χ1) is 17.7. The minimum atomic E-state index is -0.469. The fraction of sp³-hybridized carbons (Fsp3) is 0.345. The van der Waals surface area contributed by atoms with Crippen molar-refractivity contribution in [1.29, 1.82) is 5.26 Å². The number of rotatable bonds is 6. The van der Waals surface area contributed by atoms with Crippen LogP contribution in [0.5, 0.6) is 0 Å². The van der Waals surface area contributed by atoms with Crippen LogP contribution >= 0.6 is 0 Å². The number of carbonyl (C=O) groups excluding carboxylic acids is 1. The number of ether oxygens (including phenoxy) is 1. The maximum atomic E-state index is 13.4. The first-order valence-corrected chi connectivity index (χ1v) is 12.4. The van der Waals surface area contributed by atoms with Gasteiger partial charge in [0.1, 0.15) is 17.4 Å². The van der Waals surface area contributed by atoms with Gasteiger partial charge in [-0.2, -0.15) is 10.3 Å². The molecule has 0 saturated carbocycles. The maximum Gasteiger partial charge on any atom is 0.278 e. The Labute approximate surface area is 215 Å². The number of nitriles is 1. The van der Waals surface area contributed by atoms with Crippen molar-refractivity contribution in [3.8, 4) is 6.07 Å². The lowest BCUT2D eigenvalue weighted by Crippen LogP contribution is -2.30. The second kappa shape index (κ2) is 10.5. The summed E-state index contributed by atoms with van der Waals surface area (Å²) in [6.07, 6.45) is 2.25. The molecular formula is C29H31N5O3. The summed E-state index contributed by atoms with van der Waals surface area (Å²) in [6, 6.07) is 14.6. The number of amides is 1. The van der Waals surface area contributed by atoms with Crippen LogP contribution in [0.2, 0.25) is 0 Å². The topological polar surface area (TPSA) is 102 Å². The van der Waals surface area contributed by atoms with Gasteiger partial charge >= 0.3 is 0 Å². The molecule has 1 aromatic carbocycles. The summed E-state index contributed by atoms with van der Waals surface area (Å²) in [6.45, 7) is 11.5. The van der Waals surface area contributed by atoms with Gasteiger partial charge in [0, 0.05) is 31.5 Å². The number of nitrogens with zero attached hydrogens (tertiary/aromatic N) is 5. The number of hydrogen-bond donors (Lipinski definition) is 0. The van der Waals surface area contributed by atoms with Gasteiger partial charge in [0.05, 0.1) is 10.9 Å². The van der Waals surface area contributed by atoms with Crippen LogP contribution in [-0.4, -0.2) is 33.1 Å². The number of fused-ring (bicyclic) bond motifs is 2. The first-order valence-electron chi connectivity index (χ1n) is 12.4. The lowest BCUT2D eigenvalue weighted by molar-refractivity contribution is 0.0997. The van der Waals surface area contributed by atoms with E-state index in [1.165, 1.54) is 10.5 Å². The Hall–Kier alpha value is -4.09. The Kier molecular flexibility index (Phi) is 7.37. The molecule has 37 heavy (non-hydrogen) atoms. The summed E-state index contributed by atoms with van der Waals surface area (Å²) in [7, 11) is 0. The van der Waals surface area contributed by atoms with Gasteiger partial charge in [-0.1, -0.05) is 39.0 Å². The van der Waals surface area contributed by atoms with E-state index in [1.807, 2.05) is 32.0 Å². The van der Waals surface area contributed by atoms with E-state index in [0.29, 0.717) is 43.0 Å². The van der Waals surface area contributed by atoms with Crippen LogP contribution < -0.4 is 11.0 Å². The minimum Gasteiger partial charge on any atom is -0.382 e. The van der Waals surface area contributed by atoms with Crippen molar-refractivity contribution in [2.45, 2.75) is 53.0 Å². The van der Waals surface area contributed by atoms with Crippen molar-refractivity contribution in [2.24, 2.45) is 4.99 Å². The predicted octanol–water partition coefficient (Wildman–Crippen LogP) is 4.29. The average Bonchev–Trinajstić information content (AvgIpc) is 2.87. The highest BCUT2D eigenvalue weighted by Crippen LogP contribution is 2.22. The summed E-state index contributed by atoms with van der Waals surface area (Å²) >= 11 is 0. The average molecular weight is 498 g/mol. The molecule has 190 valence electrons. The Balaban J connectivity index is 1.97. The first kappa shape index (κ1) is 26.0. The molecule has 0 aliphatic heterocycles. The second-order valence-electron chi connectivity index (χ2n) is 9.98. The summed E-state index contributed by atoms with van der Waals surface area (Å²) < 4.78 is 8.67. The smallest absolute Gasteiger partial charge is 0.278 e. The number of hydrogen-bond acceptors (Lipinski definition) is 5. The normalized spacial score (nSPS) is 12.3. The monoisotopic (exact) mass is 497 g/mol. The van der Waals surface area contributed by atoms with Crippen LogP contribution in [0.15, 0.2) is 58.4 Å². The largest absolute Gasteiger partial charge is 0.382 e. The summed E-state index contributed by atoms with van der Waals surface area (Å²) in [4.78, 5) is 35.8. The highest BCUT2D eigenvalue weighted by atomic mass is 16.5. The van der Waals surface area contributed by atoms with Gasteiger partial charge in [-0.25, -0.2) is 4.98 Å². The molecule has 0 atom stereocenters. The van der Waals surface area contributed by atoms with Crippen LogP contribution in [0.25, 0.3) is 16.7 Å². The van der Waals surface area contributed by atoms with Crippen LogP contribution in [0.1, 0.15) is 61.2 Å². The molecule has 3 heterocycles. The highest BCUT2D eigenvalue weighted by Gasteiger charge is 2.17. The third-order valence-electron chi connectivity index (χ3n) is 6.31. The zero-order valence-corrected chi connectivity index (χ0v) is 21.9. The molecule has 3 aromatic heterocycles. The van der Waals surface area contributed by atoms with E-state index in [9.17, 15) is 14.9 Å². The Morgan fingerprint density at radius 2 is 1.89 bits per heavy atom. The van der Waals surface area contributed by atoms with Gasteiger partial charge in [-0.05, 0) is 61.1 Å². The Morgan fingerprint density at radius 3 is 2.54 bits per heavy atom. The molecule has 0 unspecified atom stereocenters. The van der Waals surface area contributed by atoms with E-state index in [0.717, 1.165) is 11.1 Å². The number of aromatic nitrogens is 3. The third-order valence-corrected chi connectivity index (χ3v) is 6.31. The summed E-state index contributed by atoms with van der Waals surface area (Å²) in [5.41, 5.74) is 3.23. The minimum absolute atomic E-state index is 0.0464. The molecule has 0 fully saturated rings. The zero-order valence-electron chi connectivity index (χ0n) is 21.9.